The van der Waals surface area contributed by atoms with Crippen molar-refractivity contribution < 1.29 is 14.3 Å². The van der Waals surface area contributed by atoms with E-state index >= 15 is 0 Å². The molecule has 188 valence electrons. The first-order chi connectivity index (χ1) is 17.4. The molecular formula is C29H34N4O3. The summed E-state index contributed by atoms with van der Waals surface area (Å²) in [6.45, 7) is 7.18. The topological polar surface area (TPSA) is 66.0 Å². The van der Waals surface area contributed by atoms with E-state index in [-0.39, 0.29) is 24.4 Å². The highest BCUT2D eigenvalue weighted by atomic mass is 16.5. The molecule has 0 radical (unpaired) electrons. The summed E-state index contributed by atoms with van der Waals surface area (Å²) in [6.07, 6.45) is 2.94. The van der Waals surface area contributed by atoms with Crippen LogP contribution in [0.15, 0.2) is 60.8 Å². The average Bonchev–Trinajstić information content (AvgIpc) is 3.07. The lowest BCUT2D eigenvalue weighted by atomic mass is 9.85. The number of carbonyl (C=O) groups is 2. The van der Waals surface area contributed by atoms with Gasteiger partial charge in [-0.05, 0) is 47.7 Å². The van der Waals surface area contributed by atoms with E-state index in [1.807, 2.05) is 35.2 Å². The van der Waals surface area contributed by atoms with Gasteiger partial charge in [-0.1, -0.05) is 50.2 Å². The number of carbonyl (C=O) groups excluding carboxylic acids is 2. The van der Waals surface area contributed by atoms with Gasteiger partial charge in [0.25, 0.3) is 5.91 Å². The smallest absolute Gasteiger partial charge is 0.328 e. The number of hydrogen-bond donors (Lipinski definition) is 0. The Morgan fingerprint density at radius 3 is 2.42 bits per heavy atom. The van der Waals surface area contributed by atoms with Crippen molar-refractivity contribution in [2.24, 2.45) is 5.92 Å². The van der Waals surface area contributed by atoms with Crippen LogP contribution >= 0.6 is 0 Å². The van der Waals surface area contributed by atoms with Gasteiger partial charge in [0.15, 0.2) is 0 Å². The molecule has 1 spiro atoms. The molecule has 7 heteroatoms. The van der Waals surface area contributed by atoms with Crippen molar-refractivity contribution in [2.45, 2.75) is 45.3 Å². The van der Waals surface area contributed by atoms with Gasteiger partial charge in [-0.15, -0.1) is 0 Å². The minimum Gasteiger partial charge on any atom is -0.496 e. The lowest BCUT2D eigenvalue weighted by Crippen LogP contribution is -2.57. The first kappa shape index (κ1) is 24.3. The molecular weight excluding hydrogens is 452 g/mol. The van der Waals surface area contributed by atoms with Gasteiger partial charge < -0.3 is 9.64 Å². The monoisotopic (exact) mass is 486 g/mol. The number of likely N-dealkylation sites (tertiary alicyclic amines) is 1. The fraction of sp³-hybridized carbons (Fsp3) is 0.414. The van der Waals surface area contributed by atoms with E-state index in [1.54, 1.807) is 13.3 Å². The molecule has 0 saturated carbocycles. The van der Waals surface area contributed by atoms with Gasteiger partial charge in [-0.25, -0.2) is 4.79 Å². The summed E-state index contributed by atoms with van der Waals surface area (Å²) in [5, 5.41) is 2.37. The maximum absolute atomic E-state index is 13.8. The third-order valence-corrected chi connectivity index (χ3v) is 7.50. The molecule has 0 aliphatic carbocycles. The first-order valence-corrected chi connectivity index (χ1v) is 12.7. The first-order valence-electron chi connectivity index (χ1n) is 12.7. The van der Waals surface area contributed by atoms with Crippen molar-refractivity contribution in [1.29, 1.82) is 0 Å². The lowest BCUT2D eigenvalue weighted by molar-refractivity contribution is -0.136. The summed E-state index contributed by atoms with van der Waals surface area (Å²) >= 11 is 0. The minimum absolute atomic E-state index is 0.0822. The Balaban J connectivity index is 1.38. The van der Waals surface area contributed by atoms with Crippen molar-refractivity contribution in [3.8, 4) is 5.75 Å². The van der Waals surface area contributed by atoms with E-state index in [1.165, 1.54) is 15.7 Å². The van der Waals surface area contributed by atoms with Gasteiger partial charge in [0.1, 0.15) is 11.3 Å². The summed E-state index contributed by atoms with van der Waals surface area (Å²) in [6, 6.07) is 17.9. The van der Waals surface area contributed by atoms with Crippen LogP contribution in [-0.4, -0.2) is 63.9 Å². The molecule has 0 atom stereocenters. The van der Waals surface area contributed by atoms with E-state index < -0.39 is 5.54 Å². The molecule has 2 aliphatic heterocycles. The van der Waals surface area contributed by atoms with Crippen LogP contribution in [0, 0.1) is 5.92 Å². The zero-order valence-corrected chi connectivity index (χ0v) is 21.3. The van der Waals surface area contributed by atoms with Crippen molar-refractivity contribution in [3.63, 3.8) is 0 Å². The maximum atomic E-state index is 13.8. The highest BCUT2D eigenvalue weighted by Gasteiger charge is 2.57. The molecule has 2 aliphatic rings. The molecule has 2 fully saturated rings. The number of hydrogen-bond acceptors (Lipinski definition) is 5. The molecule has 2 saturated heterocycles. The molecule has 7 nitrogen and oxygen atoms in total. The quantitative estimate of drug-likeness (QED) is 0.453. The second-order valence-corrected chi connectivity index (χ2v) is 10.3. The summed E-state index contributed by atoms with van der Waals surface area (Å²) in [5.41, 5.74) is 1.10. The van der Waals surface area contributed by atoms with Gasteiger partial charge in [-0.3, -0.25) is 19.6 Å². The Morgan fingerprint density at radius 2 is 1.72 bits per heavy atom. The van der Waals surface area contributed by atoms with E-state index in [0.717, 1.165) is 36.6 Å². The molecule has 3 heterocycles. The number of piperidine rings is 1. The normalized spacial score (nSPS) is 18.1. The largest absolute Gasteiger partial charge is 0.496 e. The standard InChI is InChI=1S/C29H34N4O3/c1-21(2)18-33-28(35)32(19-23-9-6-7-15-30-23)27(34)29(33)13-16-31(17-14-29)20-25-24-10-5-4-8-22(24)11-12-26(25)36-3/h4-12,15,21H,13-14,16-20H2,1-3H3. The average molecular weight is 487 g/mol. The number of urea groups is 1. The van der Waals surface area contributed by atoms with Crippen LogP contribution in [-0.2, 0) is 17.9 Å². The molecule has 1 aromatic heterocycles. The molecule has 0 bridgehead atoms. The number of rotatable bonds is 7. The van der Waals surface area contributed by atoms with Crippen LogP contribution in [0.3, 0.4) is 0 Å². The number of nitrogens with zero attached hydrogens (tertiary/aromatic N) is 4. The Hall–Kier alpha value is -3.45. The predicted molar refractivity (Wildman–Crippen MR) is 139 cm³/mol. The number of ether oxygens (including phenoxy) is 1. The van der Waals surface area contributed by atoms with Crippen LogP contribution in [0.25, 0.3) is 10.8 Å². The van der Waals surface area contributed by atoms with E-state index in [2.05, 4.69) is 48.0 Å². The maximum Gasteiger partial charge on any atom is 0.328 e. The second-order valence-electron chi connectivity index (χ2n) is 10.3. The number of pyridine rings is 1. The Morgan fingerprint density at radius 1 is 0.972 bits per heavy atom. The highest BCUT2D eigenvalue weighted by molar-refractivity contribution is 6.07. The molecule has 5 rings (SSSR count). The summed E-state index contributed by atoms with van der Waals surface area (Å²) < 4.78 is 5.70. The predicted octanol–water partition coefficient (Wildman–Crippen LogP) is 4.70. The Kier molecular flexibility index (Phi) is 6.67. The van der Waals surface area contributed by atoms with Crippen molar-refractivity contribution in [2.75, 3.05) is 26.7 Å². The molecule has 0 N–H and O–H groups in total. The number of imide groups is 1. The van der Waals surface area contributed by atoms with Crippen LogP contribution in [0.2, 0.25) is 0 Å². The summed E-state index contributed by atoms with van der Waals surface area (Å²) in [7, 11) is 1.71. The van der Waals surface area contributed by atoms with Gasteiger partial charge >= 0.3 is 6.03 Å². The summed E-state index contributed by atoms with van der Waals surface area (Å²) in [4.78, 5) is 37.3. The van der Waals surface area contributed by atoms with Crippen LogP contribution in [0.4, 0.5) is 4.79 Å². The van der Waals surface area contributed by atoms with Gasteiger partial charge in [0.05, 0.1) is 19.3 Å². The number of amides is 3. The van der Waals surface area contributed by atoms with E-state index in [9.17, 15) is 9.59 Å². The zero-order valence-electron chi connectivity index (χ0n) is 21.3. The van der Waals surface area contributed by atoms with Crippen molar-refractivity contribution in [1.82, 2.24) is 19.7 Å². The van der Waals surface area contributed by atoms with Crippen LogP contribution < -0.4 is 4.74 Å². The van der Waals surface area contributed by atoms with E-state index in [0.29, 0.717) is 19.4 Å². The molecule has 36 heavy (non-hydrogen) atoms. The minimum atomic E-state index is -0.782. The van der Waals surface area contributed by atoms with Gasteiger partial charge in [-0.2, -0.15) is 0 Å². The number of methoxy groups -OCH3 is 1. The fourth-order valence-corrected chi connectivity index (χ4v) is 5.65. The zero-order chi connectivity index (χ0) is 25.3. The molecule has 3 amide bonds. The number of benzene rings is 2. The van der Waals surface area contributed by atoms with Crippen molar-refractivity contribution in [3.05, 3.63) is 72.1 Å². The van der Waals surface area contributed by atoms with Crippen LogP contribution in [0.5, 0.6) is 5.75 Å². The lowest BCUT2D eigenvalue weighted by Gasteiger charge is -2.43. The van der Waals surface area contributed by atoms with E-state index in [4.69, 9.17) is 4.74 Å². The SMILES string of the molecule is COc1ccc2ccccc2c1CN1CCC2(CC1)C(=O)N(Cc1ccccn1)C(=O)N2CC(C)C. The molecule has 0 unspecified atom stereocenters. The Labute approximate surface area is 212 Å². The third-order valence-electron chi connectivity index (χ3n) is 7.50. The molecule has 3 aromatic rings. The number of fused-ring (bicyclic) bond motifs is 1. The second kappa shape index (κ2) is 9.90. The third kappa shape index (κ3) is 4.32. The highest BCUT2D eigenvalue weighted by Crippen LogP contribution is 2.39. The van der Waals surface area contributed by atoms with Crippen LogP contribution in [0.1, 0.15) is 37.9 Å². The van der Waals surface area contributed by atoms with Gasteiger partial charge in [0, 0.05) is 37.9 Å². The van der Waals surface area contributed by atoms with Crippen molar-refractivity contribution >= 4 is 22.7 Å². The fourth-order valence-electron chi connectivity index (χ4n) is 5.65. The number of aromatic nitrogens is 1. The van der Waals surface area contributed by atoms with Gasteiger partial charge in [0.2, 0.25) is 0 Å². The molecule has 2 aromatic carbocycles. The summed E-state index contributed by atoms with van der Waals surface area (Å²) in [5.74, 6) is 1.07. The Bertz CT molecular complexity index is 1250.